The SMILES string of the molecule is CCC(C)(CNCC(C)C)CN(CC(F)(F)F)C(C)C. The van der Waals surface area contributed by atoms with E-state index in [0.29, 0.717) is 12.5 Å². The van der Waals surface area contributed by atoms with E-state index in [-0.39, 0.29) is 11.5 Å². The van der Waals surface area contributed by atoms with Crippen molar-refractivity contribution in [1.29, 1.82) is 0 Å². The highest BCUT2D eigenvalue weighted by molar-refractivity contribution is 4.82. The van der Waals surface area contributed by atoms with Gasteiger partial charge in [-0.25, -0.2) is 0 Å². The van der Waals surface area contributed by atoms with Crippen molar-refractivity contribution in [1.82, 2.24) is 10.2 Å². The average Bonchev–Trinajstić information content (AvgIpc) is 2.25. The van der Waals surface area contributed by atoms with E-state index in [4.69, 9.17) is 0 Å². The smallest absolute Gasteiger partial charge is 0.316 e. The molecule has 20 heavy (non-hydrogen) atoms. The van der Waals surface area contributed by atoms with E-state index in [0.717, 1.165) is 19.5 Å². The lowest BCUT2D eigenvalue weighted by Gasteiger charge is -2.37. The van der Waals surface area contributed by atoms with E-state index in [1.807, 2.05) is 20.8 Å². The first kappa shape index (κ1) is 19.7. The van der Waals surface area contributed by atoms with Crippen LogP contribution in [0.2, 0.25) is 0 Å². The lowest BCUT2D eigenvalue weighted by molar-refractivity contribution is -0.152. The molecule has 1 N–H and O–H groups in total. The van der Waals surface area contributed by atoms with Crippen molar-refractivity contribution < 1.29 is 13.2 Å². The van der Waals surface area contributed by atoms with Crippen molar-refractivity contribution in [3.8, 4) is 0 Å². The summed E-state index contributed by atoms with van der Waals surface area (Å²) in [7, 11) is 0. The summed E-state index contributed by atoms with van der Waals surface area (Å²) in [6, 6.07) is -0.104. The van der Waals surface area contributed by atoms with Crippen LogP contribution in [0.15, 0.2) is 0 Å². The predicted molar refractivity (Wildman–Crippen MR) is 78.9 cm³/mol. The number of hydrogen-bond donors (Lipinski definition) is 1. The van der Waals surface area contributed by atoms with Crippen molar-refractivity contribution >= 4 is 0 Å². The number of rotatable bonds is 9. The Labute approximate surface area is 122 Å². The molecule has 5 heteroatoms. The van der Waals surface area contributed by atoms with Crippen molar-refractivity contribution in [3.63, 3.8) is 0 Å². The summed E-state index contributed by atoms with van der Waals surface area (Å²) in [6.45, 7) is 13.3. The van der Waals surface area contributed by atoms with E-state index in [2.05, 4.69) is 26.1 Å². The van der Waals surface area contributed by atoms with Crippen molar-refractivity contribution in [2.24, 2.45) is 11.3 Å². The molecule has 0 saturated carbocycles. The molecule has 0 aromatic carbocycles. The molecule has 1 unspecified atom stereocenters. The van der Waals surface area contributed by atoms with Crippen molar-refractivity contribution in [2.45, 2.75) is 60.2 Å². The van der Waals surface area contributed by atoms with Crippen LogP contribution < -0.4 is 5.32 Å². The van der Waals surface area contributed by atoms with Crippen LogP contribution >= 0.6 is 0 Å². The molecule has 0 bridgehead atoms. The first-order chi connectivity index (χ1) is 8.99. The standard InChI is InChI=1S/C15H31F3N2/c1-7-14(6,9-19-8-12(2)3)10-20(13(4)5)11-15(16,17)18/h12-13,19H,7-11H2,1-6H3. The Morgan fingerprint density at radius 1 is 1.05 bits per heavy atom. The lowest BCUT2D eigenvalue weighted by Crippen LogP contribution is -2.48. The number of hydrogen-bond acceptors (Lipinski definition) is 2. The van der Waals surface area contributed by atoms with Gasteiger partial charge in [-0.1, -0.05) is 27.7 Å². The molecule has 2 nitrogen and oxygen atoms in total. The van der Waals surface area contributed by atoms with Gasteiger partial charge in [0.15, 0.2) is 0 Å². The van der Waals surface area contributed by atoms with E-state index in [1.165, 1.54) is 4.90 Å². The summed E-state index contributed by atoms with van der Waals surface area (Å²) < 4.78 is 37.9. The summed E-state index contributed by atoms with van der Waals surface area (Å²) in [5.74, 6) is 0.549. The van der Waals surface area contributed by atoms with Gasteiger partial charge in [-0.05, 0) is 38.1 Å². The van der Waals surface area contributed by atoms with Gasteiger partial charge >= 0.3 is 6.18 Å². The third-order valence-electron chi connectivity index (χ3n) is 3.66. The van der Waals surface area contributed by atoms with Gasteiger partial charge in [-0.2, -0.15) is 13.2 Å². The molecule has 0 saturated heterocycles. The molecule has 0 heterocycles. The summed E-state index contributed by atoms with van der Waals surface area (Å²) in [6.07, 6.45) is -3.27. The maximum atomic E-state index is 12.6. The second-order valence-electron chi connectivity index (χ2n) is 6.80. The molecule has 0 radical (unpaired) electrons. The second kappa shape index (κ2) is 8.23. The third kappa shape index (κ3) is 8.80. The first-order valence-electron chi connectivity index (χ1n) is 7.50. The number of alkyl halides is 3. The summed E-state index contributed by atoms with van der Waals surface area (Å²) in [5, 5.41) is 3.38. The summed E-state index contributed by atoms with van der Waals surface area (Å²) in [4.78, 5) is 1.53. The highest BCUT2D eigenvalue weighted by Gasteiger charge is 2.35. The van der Waals surface area contributed by atoms with Gasteiger partial charge in [0.25, 0.3) is 0 Å². The lowest BCUT2D eigenvalue weighted by atomic mass is 9.86. The molecule has 0 aromatic rings. The molecular weight excluding hydrogens is 265 g/mol. The molecule has 0 amide bonds. The van der Waals surface area contributed by atoms with Crippen LogP contribution in [0.3, 0.4) is 0 Å². The molecule has 0 aliphatic heterocycles. The monoisotopic (exact) mass is 296 g/mol. The maximum absolute atomic E-state index is 12.6. The Morgan fingerprint density at radius 3 is 1.95 bits per heavy atom. The zero-order chi connectivity index (χ0) is 16.0. The summed E-state index contributed by atoms with van der Waals surface area (Å²) >= 11 is 0. The Balaban J connectivity index is 4.60. The third-order valence-corrected chi connectivity index (χ3v) is 3.66. The highest BCUT2D eigenvalue weighted by atomic mass is 19.4. The molecule has 0 spiro atoms. The largest absolute Gasteiger partial charge is 0.401 e. The fourth-order valence-corrected chi connectivity index (χ4v) is 2.10. The van der Waals surface area contributed by atoms with Gasteiger partial charge in [-0.15, -0.1) is 0 Å². The van der Waals surface area contributed by atoms with E-state index < -0.39 is 12.7 Å². The molecular formula is C15H31F3N2. The number of nitrogens with zero attached hydrogens (tertiary/aromatic N) is 1. The fraction of sp³-hybridized carbons (Fsp3) is 1.00. The second-order valence-corrected chi connectivity index (χ2v) is 6.80. The Hall–Kier alpha value is -0.290. The zero-order valence-electron chi connectivity index (χ0n) is 13.8. The van der Waals surface area contributed by atoms with Crippen LogP contribution in [0.4, 0.5) is 13.2 Å². The van der Waals surface area contributed by atoms with Gasteiger partial charge in [0, 0.05) is 19.1 Å². The van der Waals surface area contributed by atoms with Crippen LogP contribution in [0.25, 0.3) is 0 Å². The van der Waals surface area contributed by atoms with Crippen LogP contribution in [0.1, 0.15) is 48.0 Å². The Kier molecular flexibility index (Phi) is 8.11. The first-order valence-corrected chi connectivity index (χ1v) is 7.50. The normalized spacial score (nSPS) is 16.2. The van der Waals surface area contributed by atoms with Gasteiger partial charge in [0.2, 0.25) is 0 Å². The van der Waals surface area contributed by atoms with Crippen molar-refractivity contribution in [2.75, 3.05) is 26.2 Å². The molecule has 0 rings (SSSR count). The van der Waals surface area contributed by atoms with Gasteiger partial charge < -0.3 is 5.32 Å². The molecule has 122 valence electrons. The van der Waals surface area contributed by atoms with E-state index in [9.17, 15) is 13.2 Å². The van der Waals surface area contributed by atoms with Gasteiger partial charge in [0.05, 0.1) is 6.54 Å². The van der Waals surface area contributed by atoms with Crippen LogP contribution in [-0.4, -0.2) is 43.3 Å². The maximum Gasteiger partial charge on any atom is 0.401 e. The Bertz CT molecular complexity index is 264. The van der Waals surface area contributed by atoms with Gasteiger partial charge in [0.1, 0.15) is 0 Å². The summed E-state index contributed by atoms with van der Waals surface area (Å²) in [5.41, 5.74) is -0.135. The quantitative estimate of drug-likeness (QED) is 0.694. The van der Waals surface area contributed by atoms with Crippen molar-refractivity contribution in [3.05, 3.63) is 0 Å². The molecule has 0 aliphatic rings. The molecule has 0 aliphatic carbocycles. The molecule has 1 atom stereocenters. The number of nitrogens with one attached hydrogen (secondary N) is 1. The minimum absolute atomic E-state index is 0.104. The fourth-order valence-electron chi connectivity index (χ4n) is 2.10. The molecule has 0 aromatic heterocycles. The average molecular weight is 296 g/mol. The van der Waals surface area contributed by atoms with Gasteiger partial charge in [-0.3, -0.25) is 4.90 Å². The Morgan fingerprint density at radius 2 is 1.60 bits per heavy atom. The van der Waals surface area contributed by atoms with E-state index in [1.54, 1.807) is 0 Å². The van der Waals surface area contributed by atoms with Crippen LogP contribution in [0, 0.1) is 11.3 Å². The molecule has 0 fully saturated rings. The zero-order valence-corrected chi connectivity index (χ0v) is 13.8. The van der Waals surface area contributed by atoms with Crippen LogP contribution in [0.5, 0.6) is 0 Å². The van der Waals surface area contributed by atoms with E-state index >= 15 is 0 Å². The topological polar surface area (TPSA) is 15.3 Å². The highest BCUT2D eigenvalue weighted by Crippen LogP contribution is 2.26. The minimum Gasteiger partial charge on any atom is -0.316 e. The minimum atomic E-state index is -4.13. The predicted octanol–water partition coefficient (Wildman–Crippen LogP) is 3.92. The van der Waals surface area contributed by atoms with Crippen LogP contribution in [-0.2, 0) is 0 Å². The number of halogens is 3.